The van der Waals surface area contributed by atoms with Crippen molar-refractivity contribution in [1.29, 1.82) is 5.26 Å². The first-order valence-corrected chi connectivity index (χ1v) is 5.90. The Labute approximate surface area is 106 Å². The number of nitrogens with zero attached hydrogens (tertiary/aromatic N) is 4. The van der Waals surface area contributed by atoms with Crippen molar-refractivity contribution in [2.75, 3.05) is 5.32 Å². The summed E-state index contributed by atoms with van der Waals surface area (Å²) in [4.78, 5) is 4.20. The molecule has 18 heavy (non-hydrogen) atoms. The normalized spacial score (nSPS) is 10.0. The molecule has 0 fully saturated rings. The van der Waals surface area contributed by atoms with Crippen molar-refractivity contribution in [3.05, 3.63) is 42.0 Å². The molecule has 92 valence electrons. The maximum Gasteiger partial charge on any atom is 0.146 e. The minimum atomic E-state index is 0.449. The minimum absolute atomic E-state index is 0.449. The number of hydrogen-bond donors (Lipinski definition) is 1. The van der Waals surface area contributed by atoms with Gasteiger partial charge in [-0.25, -0.2) is 9.67 Å². The Balaban J connectivity index is 1.96. The van der Waals surface area contributed by atoms with E-state index in [1.54, 1.807) is 6.33 Å². The second kappa shape index (κ2) is 5.82. The van der Waals surface area contributed by atoms with Gasteiger partial charge in [0.25, 0.3) is 0 Å². The molecule has 0 amide bonds. The maximum atomic E-state index is 8.59. The van der Waals surface area contributed by atoms with Crippen molar-refractivity contribution >= 4 is 5.69 Å². The smallest absolute Gasteiger partial charge is 0.146 e. The predicted molar refractivity (Wildman–Crippen MR) is 68.8 cm³/mol. The lowest BCUT2D eigenvalue weighted by molar-refractivity contribution is 0.622. The molecule has 0 atom stereocenters. The summed E-state index contributed by atoms with van der Waals surface area (Å²) in [5, 5.41) is 16.0. The zero-order valence-corrected chi connectivity index (χ0v) is 10.3. The third-order valence-electron chi connectivity index (χ3n) is 2.68. The first-order valence-electron chi connectivity index (χ1n) is 5.90. The van der Waals surface area contributed by atoms with E-state index in [1.807, 2.05) is 35.9 Å². The van der Waals surface area contributed by atoms with Crippen LogP contribution in [0.15, 0.2) is 30.6 Å². The lowest BCUT2D eigenvalue weighted by Gasteiger charge is -2.07. The molecular weight excluding hydrogens is 226 g/mol. The zero-order valence-electron chi connectivity index (χ0n) is 10.3. The third-order valence-corrected chi connectivity index (χ3v) is 2.68. The van der Waals surface area contributed by atoms with Gasteiger partial charge >= 0.3 is 0 Å². The van der Waals surface area contributed by atoms with Crippen molar-refractivity contribution in [3.63, 3.8) is 0 Å². The number of benzene rings is 1. The molecular formula is C13H15N5. The van der Waals surface area contributed by atoms with Crippen LogP contribution in [0.4, 0.5) is 5.69 Å². The topological polar surface area (TPSA) is 66.5 Å². The number of hydrogen-bond acceptors (Lipinski definition) is 4. The number of nitriles is 1. The van der Waals surface area contributed by atoms with Gasteiger partial charge in [-0.1, -0.05) is 12.1 Å². The van der Waals surface area contributed by atoms with Gasteiger partial charge in [-0.2, -0.15) is 10.4 Å². The van der Waals surface area contributed by atoms with Gasteiger partial charge in [0.05, 0.1) is 19.0 Å². The zero-order chi connectivity index (χ0) is 12.8. The lowest BCUT2D eigenvalue weighted by atomic mass is 10.1. The third kappa shape index (κ3) is 2.86. The van der Waals surface area contributed by atoms with E-state index in [1.165, 1.54) is 0 Å². The minimum Gasteiger partial charge on any atom is -0.378 e. The molecule has 0 spiro atoms. The number of aryl methyl sites for hydroxylation is 1. The summed E-state index contributed by atoms with van der Waals surface area (Å²) in [6.07, 6.45) is 2.01. The molecule has 0 aliphatic rings. The molecule has 0 unspecified atom stereocenters. The van der Waals surface area contributed by atoms with E-state index in [2.05, 4.69) is 21.5 Å². The molecule has 0 bridgehead atoms. The second-order valence-corrected chi connectivity index (χ2v) is 3.88. The van der Waals surface area contributed by atoms with Gasteiger partial charge in [0.1, 0.15) is 12.2 Å². The molecule has 1 heterocycles. The van der Waals surface area contributed by atoms with Crippen molar-refractivity contribution in [2.45, 2.75) is 26.4 Å². The SMILES string of the molecule is CCn1ncnc1CNc1ccc(CC#N)cc1. The van der Waals surface area contributed by atoms with Crippen LogP contribution in [0.3, 0.4) is 0 Å². The van der Waals surface area contributed by atoms with Crippen LogP contribution in [0.25, 0.3) is 0 Å². The molecule has 1 N–H and O–H groups in total. The largest absolute Gasteiger partial charge is 0.378 e. The van der Waals surface area contributed by atoms with Crippen LogP contribution in [-0.2, 0) is 19.5 Å². The molecule has 0 aliphatic heterocycles. The van der Waals surface area contributed by atoms with Crippen LogP contribution in [-0.4, -0.2) is 14.8 Å². The van der Waals surface area contributed by atoms with Crippen LogP contribution in [0.1, 0.15) is 18.3 Å². The standard InChI is InChI=1S/C13H15N5/c1-2-18-13(16-10-17-18)9-15-12-5-3-11(4-6-12)7-8-14/h3-6,10,15H,2,7,9H2,1H3. The van der Waals surface area contributed by atoms with Crippen LogP contribution in [0, 0.1) is 11.3 Å². The van der Waals surface area contributed by atoms with Crippen LogP contribution >= 0.6 is 0 Å². The Bertz CT molecular complexity index is 535. The van der Waals surface area contributed by atoms with Crippen LogP contribution < -0.4 is 5.32 Å². The van der Waals surface area contributed by atoms with Gasteiger partial charge in [-0.3, -0.25) is 0 Å². The second-order valence-electron chi connectivity index (χ2n) is 3.88. The summed E-state index contributed by atoms with van der Waals surface area (Å²) in [6.45, 7) is 3.50. The maximum absolute atomic E-state index is 8.59. The Kier molecular flexibility index (Phi) is 3.92. The molecule has 2 rings (SSSR count). The van der Waals surface area contributed by atoms with Crippen molar-refractivity contribution in [1.82, 2.24) is 14.8 Å². The average molecular weight is 241 g/mol. The molecule has 0 saturated carbocycles. The molecule has 5 nitrogen and oxygen atoms in total. The van der Waals surface area contributed by atoms with Gasteiger partial charge < -0.3 is 5.32 Å². The fourth-order valence-electron chi connectivity index (χ4n) is 1.70. The highest BCUT2D eigenvalue weighted by Gasteiger charge is 2.01. The number of rotatable bonds is 5. The van der Waals surface area contributed by atoms with E-state index in [9.17, 15) is 0 Å². The highest BCUT2D eigenvalue weighted by Crippen LogP contribution is 2.10. The Morgan fingerprint density at radius 3 is 2.78 bits per heavy atom. The van der Waals surface area contributed by atoms with Crippen molar-refractivity contribution in [2.24, 2.45) is 0 Å². The van der Waals surface area contributed by atoms with Gasteiger partial charge in [0.2, 0.25) is 0 Å². The number of anilines is 1. The predicted octanol–water partition coefficient (Wildman–Crippen LogP) is 1.98. The molecule has 0 aliphatic carbocycles. The van der Waals surface area contributed by atoms with Crippen LogP contribution in [0.5, 0.6) is 0 Å². The van der Waals surface area contributed by atoms with E-state index in [0.29, 0.717) is 13.0 Å². The quantitative estimate of drug-likeness (QED) is 0.869. The Morgan fingerprint density at radius 2 is 2.11 bits per heavy atom. The molecule has 0 saturated heterocycles. The van der Waals surface area contributed by atoms with E-state index < -0.39 is 0 Å². The van der Waals surface area contributed by atoms with Gasteiger partial charge in [0, 0.05) is 12.2 Å². The number of nitrogens with one attached hydrogen (secondary N) is 1. The summed E-state index contributed by atoms with van der Waals surface area (Å²) >= 11 is 0. The first kappa shape index (κ1) is 12.1. The molecule has 1 aromatic heterocycles. The lowest BCUT2D eigenvalue weighted by Crippen LogP contribution is -2.08. The van der Waals surface area contributed by atoms with E-state index in [0.717, 1.165) is 23.6 Å². The fraction of sp³-hybridized carbons (Fsp3) is 0.308. The molecule has 1 aromatic carbocycles. The first-order chi connectivity index (χ1) is 8.83. The summed E-state index contributed by atoms with van der Waals surface area (Å²) in [6, 6.07) is 9.98. The Morgan fingerprint density at radius 1 is 1.33 bits per heavy atom. The van der Waals surface area contributed by atoms with E-state index in [-0.39, 0.29) is 0 Å². The summed E-state index contributed by atoms with van der Waals surface area (Å²) in [5.74, 6) is 0.915. The van der Waals surface area contributed by atoms with Gasteiger partial charge in [-0.15, -0.1) is 0 Å². The molecule has 5 heteroatoms. The van der Waals surface area contributed by atoms with Gasteiger partial charge in [-0.05, 0) is 24.6 Å². The summed E-state index contributed by atoms with van der Waals surface area (Å²) in [7, 11) is 0. The summed E-state index contributed by atoms with van der Waals surface area (Å²) in [5.41, 5.74) is 2.04. The monoisotopic (exact) mass is 241 g/mol. The molecule has 0 radical (unpaired) electrons. The molecule has 2 aromatic rings. The van der Waals surface area contributed by atoms with Crippen molar-refractivity contribution < 1.29 is 0 Å². The average Bonchev–Trinajstić information content (AvgIpc) is 2.86. The Hall–Kier alpha value is -2.35. The van der Waals surface area contributed by atoms with Crippen molar-refractivity contribution in [3.8, 4) is 6.07 Å². The number of aromatic nitrogens is 3. The van der Waals surface area contributed by atoms with E-state index in [4.69, 9.17) is 5.26 Å². The van der Waals surface area contributed by atoms with E-state index >= 15 is 0 Å². The van der Waals surface area contributed by atoms with Crippen LogP contribution in [0.2, 0.25) is 0 Å². The summed E-state index contributed by atoms with van der Waals surface area (Å²) < 4.78 is 1.86. The highest BCUT2D eigenvalue weighted by atomic mass is 15.3. The fourth-order valence-corrected chi connectivity index (χ4v) is 1.70. The van der Waals surface area contributed by atoms with Gasteiger partial charge in [0.15, 0.2) is 0 Å². The highest BCUT2D eigenvalue weighted by molar-refractivity contribution is 5.44.